The van der Waals surface area contributed by atoms with Gasteiger partial charge in [0.05, 0.1) is 18.8 Å². The SMILES string of the molecule is COc1cccc(C(=O)NCC(O)c2cccc(C(F)(F)F)c2)c1. The molecule has 0 aromatic heterocycles. The number of amides is 1. The number of halogens is 3. The summed E-state index contributed by atoms with van der Waals surface area (Å²) < 4.78 is 43.0. The number of hydrogen-bond acceptors (Lipinski definition) is 3. The van der Waals surface area contributed by atoms with Crippen LogP contribution in [-0.2, 0) is 6.18 Å². The van der Waals surface area contributed by atoms with Gasteiger partial charge in [-0.2, -0.15) is 13.2 Å². The molecule has 2 rings (SSSR count). The Balaban J connectivity index is 2.02. The van der Waals surface area contributed by atoms with Crippen LogP contribution < -0.4 is 10.1 Å². The Hall–Kier alpha value is -2.54. The maximum absolute atomic E-state index is 12.7. The predicted octanol–water partition coefficient (Wildman–Crippen LogP) is 3.18. The molecule has 2 aromatic carbocycles. The Bertz CT molecular complexity index is 716. The molecule has 128 valence electrons. The maximum atomic E-state index is 12.7. The quantitative estimate of drug-likeness (QED) is 0.880. The molecular formula is C17H16F3NO3. The standard InChI is InChI=1S/C17H16F3NO3/c1-24-14-7-3-5-12(9-14)16(23)21-10-15(22)11-4-2-6-13(8-11)17(18,19)20/h2-9,15,22H,10H2,1H3,(H,21,23). The molecule has 4 nitrogen and oxygen atoms in total. The Labute approximate surface area is 136 Å². The van der Waals surface area contributed by atoms with Gasteiger partial charge in [0, 0.05) is 12.1 Å². The second-order valence-corrected chi connectivity index (χ2v) is 5.08. The largest absolute Gasteiger partial charge is 0.497 e. The van der Waals surface area contributed by atoms with Crippen molar-refractivity contribution in [3.05, 3.63) is 65.2 Å². The van der Waals surface area contributed by atoms with E-state index in [-0.39, 0.29) is 12.1 Å². The molecule has 0 saturated carbocycles. The third-order valence-corrected chi connectivity index (χ3v) is 3.39. The smallest absolute Gasteiger partial charge is 0.416 e. The molecule has 0 heterocycles. The first kappa shape index (κ1) is 17.8. The highest BCUT2D eigenvalue weighted by atomic mass is 19.4. The van der Waals surface area contributed by atoms with E-state index in [2.05, 4.69) is 5.32 Å². The van der Waals surface area contributed by atoms with E-state index in [0.717, 1.165) is 12.1 Å². The van der Waals surface area contributed by atoms with Gasteiger partial charge in [-0.3, -0.25) is 4.79 Å². The number of aliphatic hydroxyl groups excluding tert-OH is 1. The first-order chi connectivity index (χ1) is 11.3. The first-order valence-electron chi connectivity index (χ1n) is 7.08. The molecule has 24 heavy (non-hydrogen) atoms. The minimum Gasteiger partial charge on any atom is -0.497 e. The van der Waals surface area contributed by atoms with E-state index in [1.54, 1.807) is 18.2 Å². The van der Waals surface area contributed by atoms with Gasteiger partial charge in [0.15, 0.2) is 0 Å². The molecule has 0 bridgehead atoms. The monoisotopic (exact) mass is 339 g/mol. The van der Waals surface area contributed by atoms with Crippen molar-refractivity contribution in [2.75, 3.05) is 13.7 Å². The summed E-state index contributed by atoms with van der Waals surface area (Å²) in [6, 6.07) is 10.8. The van der Waals surface area contributed by atoms with Crippen LogP contribution in [0.1, 0.15) is 27.6 Å². The van der Waals surface area contributed by atoms with E-state index in [1.807, 2.05) is 0 Å². The highest BCUT2D eigenvalue weighted by Gasteiger charge is 2.30. The molecule has 0 aliphatic heterocycles. The third-order valence-electron chi connectivity index (χ3n) is 3.39. The number of ether oxygens (including phenoxy) is 1. The van der Waals surface area contributed by atoms with Crippen molar-refractivity contribution in [1.29, 1.82) is 0 Å². The lowest BCUT2D eigenvalue weighted by Crippen LogP contribution is -2.28. The van der Waals surface area contributed by atoms with Crippen LogP contribution in [0.3, 0.4) is 0 Å². The van der Waals surface area contributed by atoms with Gasteiger partial charge in [0.1, 0.15) is 5.75 Å². The molecule has 0 radical (unpaired) electrons. The van der Waals surface area contributed by atoms with Gasteiger partial charge < -0.3 is 15.2 Å². The second-order valence-electron chi connectivity index (χ2n) is 5.08. The van der Waals surface area contributed by atoms with E-state index >= 15 is 0 Å². The van der Waals surface area contributed by atoms with E-state index < -0.39 is 23.8 Å². The van der Waals surface area contributed by atoms with Crippen LogP contribution in [0.2, 0.25) is 0 Å². The number of aliphatic hydroxyl groups is 1. The number of carbonyl (C=O) groups is 1. The molecule has 2 N–H and O–H groups in total. The number of carbonyl (C=O) groups excluding carboxylic acids is 1. The minimum atomic E-state index is -4.49. The van der Waals surface area contributed by atoms with Crippen LogP contribution in [-0.4, -0.2) is 24.7 Å². The number of alkyl halides is 3. The van der Waals surface area contributed by atoms with Crippen LogP contribution in [0.25, 0.3) is 0 Å². The van der Waals surface area contributed by atoms with Crippen LogP contribution >= 0.6 is 0 Å². The molecule has 1 unspecified atom stereocenters. The van der Waals surface area contributed by atoms with Crippen molar-refractivity contribution < 1.29 is 27.8 Å². The zero-order chi connectivity index (χ0) is 17.7. The Morgan fingerprint density at radius 3 is 2.58 bits per heavy atom. The molecule has 1 amide bonds. The summed E-state index contributed by atoms with van der Waals surface area (Å²) >= 11 is 0. The Morgan fingerprint density at radius 2 is 1.92 bits per heavy atom. The van der Waals surface area contributed by atoms with Gasteiger partial charge in [-0.15, -0.1) is 0 Å². The van der Waals surface area contributed by atoms with Gasteiger partial charge in [0.2, 0.25) is 0 Å². The molecule has 0 aliphatic carbocycles. The van der Waals surface area contributed by atoms with Crippen molar-refractivity contribution in [3.8, 4) is 5.75 Å². The van der Waals surface area contributed by atoms with Gasteiger partial charge in [-0.1, -0.05) is 18.2 Å². The highest BCUT2D eigenvalue weighted by molar-refractivity contribution is 5.94. The maximum Gasteiger partial charge on any atom is 0.416 e. The zero-order valence-corrected chi connectivity index (χ0v) is 12.8. The number of methoxy groups -OCH3 is 1. The molecule has 0 fully saturated rings. The molecule has 1 atom stereocenters. The first-order valence-corrected chi connectivity index (χ1v) is 7.08. The van der Waals surface area contributed by atoms with Crippen molar-refractivity contribution in [2.45, 2.75) is 12.3 Å². The summed E-state index contributed by atoms with van der Waals surface area (Å²) in [5, 5.41) is 12.5. The van der Waals surface area contributed by atoms with Crippen molar-refractivity contribution in [3.63, 3.8) is 0 Å². The average Bonchev–Trinajstić information content (AvgIpc) is 2.58. The minimum absolute atomic E-state index is 0.0794. The van der Waals surface area contributed by atoms with E-state index in [1.165, 1.54) is 25.3 Å². The molecule has 0 saturated heterocycles. The lowest BCUT2D eigenvalue weighted by atomic mass is 10.1. The summed E-state index contributed by atoms with van der Waals surface area (Å²) in [5.41, 5.74) is -0.445. The molecule has 7 heteroatoms. The van der Waals surface area contributed by atoms with E-state index in [9.17, 15) is 23.1 Å². The Morgan fingerprint density at radius 1 is 1.21 bits per heavy atom. The summed E-state index contributed by atoms with van der Waals surface area (Å²) in [6.45, 7) is -0.211. The normalized spacial score (nSPS) is 12.5. The van der Waals surface area contributed by atoms with Crippen LogP contribution in [0.15, 0.2) is 48.5 Å². The zero-order valence-electron chi connectivity index (χ0n) is 12.8. The fraction of sp³-hybridized carbons (Fsp3) is 0.235. The lowest BCUT2D eigenvalue weighted by molar-refractivity contribution is -0.137. The van der Waals surface area contributed by atoms with Gasteiger partial charge >= 0.3 is 6.18 Å². The third kappa shape index (κ3) is 4.48. The molecule has 0 aliphatic rings. The van der Waals surface area contributed by atoms with E-state index in [4.69, 9.17) is 4.74 Å². The van der Waals surface area contributed by atoms with Gasteiger partial charge in [-0.25, -0.2) is 0 Å². The topological polar surface area (TPSA) is 58.6 Å². The van der Waals surface area contributed by atoms with Crippen LogP contribution in [0, 0.1) is 0 Å². The van der Waals surface area contributed by atoms with Crippen LogP contribution in [0.4, 0.5) is 13.2 Å². The average molecular weight is 339 g/mol. The molecule has 2 aromatic rings. The summed E-state index contributed by atoms with van der Waals surface area (Å²) in [4.78, 5) is 12.0. The summed E-state index contributed by atoms with van der Waals surface area (Å²) in [5.74, 6) is 0.0426. The summed E-state index contributed by atoms with van der Waals surface area (Å²) in [7, 11) is 1.47. The molecule has 0 spiro atoms. The summed E-state index contributed by atoms with van der Waals surface area (Å²) in [6.07, 6.45) is -5.73. The second kappa shape index (κ2) is 7.35. The van der Waals surface area contributed by atoms with Crippen molar-refractivity contribution >= 4 is 5.91 Å². The number of benzene rings is 2. The number of rotatable bonds is 5. The predicted molar refractivity (Wildman–Crippen MR) is 81.7 cm³/mol. The van der Waals surface area contributed by atoms with Crippen molar-refractivity contribution in [2.24, 2.45) is 0 Å². The number of nitrogens with one attached hydrogen (secondary N) is 1. The van der Waals surface area contributed by atoms with Gasteiger partial charge in [-0.05, 0) is 35.9 Å². The molecular weight excluding hydrogens is 323 g/mol. The van der Waals surface area contributed by atoms with Gasteiger partial charge in [0.25, 0.3) is 5.91 Å². The number of hydrogen-bond donors (Lipinski definition) is 2. The Kier molecular flexibility index (Phi) is 5.46. The fourth-order valence-corrected chi connectivity index (χ4v) is 2.10. The fourth-order valence-electron chi connectivity index (χ4n) is 2.10. The lowest BCUT2D eigenvalue weighted by Gasteiger charge is -2.14. The van der Waals surface area contributed by atoms with Crippen molar-refractivity contribution in [1.82, 2.24) is 5.32 Å². The van der Waals surface area contributed by atoms with E-state index in [0.29, 0.717) is 11.3 Å². The highest BCUT2D eigenvalue weighted by Crippen LogP contribution is 2.30. The van der Waals surface area contributed by atoms with Crippen LogP contribution in [0.5, 0.6) is 5.75 Å².